The highest BCUT2D eigenvalue weighted by Gasteiger charge is 2.28. The van der Waals surface area contributed by atoms with Crippen LogP contribution in [0, 0.1) is 12.7 Å². The lowest BCUT2D eigenvalue weighted by molar-refractivity contribution is 0.0978. The third-order valence-electron chi connectivity index (χ3n) is 3.03. The summed E-state index contributed by atoms with van der Waals surface area (Å²) in [4.78, 5) is 0. The van der Waals surface area contributed by atoms with E-state index in [1.165, 1.54) is 6.07 Å². The van der Waals surface area contributed by atoms with Gasteiger partial charge >= 0.3 is 0 Å². The number of rotatable bonds is 2. The summed E-state index contributed by atoms with van der Waals surface area (Å²) < 4.78 is 14.6. The molecule has 0 bridgehead atoms. The Morgan fingerprint density at radius 2 is 1.89 bits per heavy atom. The Bertz CT molecular complexity index is 578. The van der Waals surface area contributed by atoms with Gasteiger partial charge in [0.25, 0.3) is 0 Å². The van der Waals surface area contributed by atoms with Crippen LogP contribution in [-0.4, -0.2) is 5.11 Å². The SMILES string of the molecule is Cc1cccc(C(C)(O)c2cc(Br)ccc2F)c1. The molecular formula is C15H14BrFO. The molecule has 0 aliphatic heterocycles. The van der Waals surface area contributed by atoms with Gasteiger partial charge in [0.15, 0.2) is 0 Å². The zero-order chi connectivity index (χ0) is 13.3. The van der Waals surface area contributed by atoms with Crippen molar-refractivity contribution in [1.82, 2.24) is 0 Å². The topological polar surface area (TPSA) is 20.2 Å². The monoisotopic (exact) mass is 308 g/mol. The van der Waals surface area contributed by atoms with Crippen LogP contribution in [0.5, 0.6) is 0 Å². The van der Waals surface area contributed by atoms with E-state index in [1.807, 2.05) is 25.1 Å². The zero-order valence-corrected chi connectivity index (χ0v) is 11.8. The molecule has 94 valence electrons. The second-order valence-corrected chi connectivity index (χ2v) is 5.48. The minimum atomic E-state index is -1.35. The standard InChI is InChI=1S/C15H14BrFO/c1-10-4-3-5-11(8-10)15(2,18)13-9-12(16)6-7-14(13)17/h3-9,18H,1-2H3. The molecule has 0 saturated carbocycles. The van der Waals surface area contributed by atoms with Gasteiger partial charge in [0, 0.05) is 10.0 Å². The van der Waals surface area contributed by atoms with Crippen molar-refractivity contribution in [3.63, 3.8) is 0 Å². The highest BCUT2D eigenvalue weighted by Crippen LogP contribution is 2.32. The summed E-state index contributed by atoms with van der Waals surface area (Å²) in [6.07, 6.45) is 0. The van der Waals surface area contributed by atoms with Crippen molar-refractivity contribution < 1.29 is 9.50 Å². The Hall–Kier alpha value is -1.19. The van der Waals surface area contributed by atoms with Crippen molar-refractivity contribution in [1.29, 1.82) is 0 Å². The van der Waals surface area contributed by atoms with Gasteiger partial charge in [-0.25, -0.2) is 4.39 Å². The van der Waals surface area contributed by atoms with Gasteiger partial charge in [-0.3, -0.25) is 0 Å². The molecule has 0 aliphatic rings. The number of aliphatic hydroxyl groups is 1. The first-order chi connectivity index (χ1) is 8.41. The molecule has 3 heteroatoms. The van der Waals surface area contributed by atoms with Gasteiger partial charge in [-0.1, -0.05) is 45.8 Å². The summed E-state index contributed by atoms with van der Waals surface area (Å²) in [5.41, 5.74) is 0.630. The van der Waals surface area contributed by atoms with Gasteiger partial charge in [0.2, 0.25) is 0 Å². The Morgan fingerprint density at radius 3 is 2.56 bits per heavy atom. The van der Waals surface area contributed by atoms with E-state index in [1.54, 1.807) is 25.1 Å². The summed E-state index contributed by atoms with van der Waals surface area (Å²) in [5.74, 6) is -0.412. The molecule has 1 unspecified atom stereocenters. The first-order valence-corrected chi connectivity index (χ1v) is 6.45. The molecule has 0 heterocycles. The largest absolute Gasteiger partial charge is 0.381 e. The molecule has 0 spiro atoms. The van der Waals surface area contributed by atoms with Crippen LogP contribution in [0.4, 0.5) is 4.39 Å². The van der Waals surface area contributed by atoms with Crippen molar-refractivity contribution in [3.05, 3.63) is 69.4 Å². The third kappa shape index (κ3) is 2.47. The molecular weight excluding hydrogens is 295 g/mol. The number of aryl methyl sites for hydroxylation is 1. The predicted octanol–water partition coefficient (Wildman–Crippen LogP) is 4.15. The summed E-state index contributed by atoms with van der Waals surface area (Å²) in [6, 6.07) is 12.0. The van der Waals surface area contributed by atoms with Crippen LogP contribution < -0.4 is 0 Å². The fraction of sp³-hybridized carbons (Fsp3) is 0.200. The average Bonchev–Trinajstić information content (AvgIpc) is 2.32. The Labute approximate surface area is 114 Å². The summed E-state index contributed by atoms with van der Waals surface area (Å²) >= 11 is 3.30. The Morgan fingerprint density at radius 1 is 1.17 bits per heavy atom. The van der Waals surface area contributed by atoms with Gasteiger partial charge in [-0.15, -0.1) is 0 Å². The summed E-state index contributed by atoms with van der Waals surface area (Å²) in [5, 5.41) is 10.6. The Kier molecular flexibility index (Phi) is 3.55. The molecule has 0 saturated heterocycles. The first-order valence-electron chi connectivity index (χ1n) is 5.66. The van der Waals surface area contributed by atoms with Crippen LogP contribution in [0.15, 0.2) is 46.9 Å². The van der Waals surface area contributed by atoms with Crippen molar-refractivity contribution >= 4 is 15.9 Å². The Balaban J connectivity index is 2.57. The van der Waals surface area contributed by atoms with Gasteiger partial charge in [0.1, 0.15) is 11.4 Å². The smallest absolute Gasteiger partial charge is 0.129 e. The minimum absolute atomic E-state index is 0.266. The molecule has 1 nitrogen and oxygen atoms in total. The van der Waals surface area contributed by atoms with Crippen LogP contribution in [0.1, 0.15) is 23.6 Å². The van der Waals surface area contributed by atoms with Gasteiger partial charge < -0.3 is 5.11 Å². The van der Waals surface area contributed by atoms with Crippen LogP contribution in [0.2, 0.25) is 0 Å². The normalized spacial score (nSPS) is 14.3. The fourth-order valence-electron chi connectivity index (χ4n) is 1.97. The summed E-state index contributed by atoms with van der Waals surface area (Å²) in [7, 11) is 0. The van der Waals surface area contributed by atoms with Crippen molar-refractivity contribution in [2.75, 3.05) is 0 Å². The molecule has 1 atom stereocenters. The number of halogens is 2. The maximum absolute atomic E-state index is 13.9. The van der Waals surface area contributed by atoms with Crippen molar-refractivity contribution in [3.8, 4) is 0 Å². The summed E-state index contributed by atoms with van der Waals surface area (Å²) in [6.45, 7) is 3.55. The van der Waals surface area contributed by atoms with Gasteiger partial charge in [0.05, 0.1) is 0 Å². The maximum Gasteiger partial charge on any atom is 0.129 e. The lowest BCUT2D eigenvalue weighted by Gasteiger charge is -2.25. The quantitative estimate of drug-likeness (QED) is 0.883. The van der Waals surface area contributed by atoms with Crippen LogP contribution >= 0.6 is 15.9 Å². The highest BCUT2D eigenvalue weighted by molar-refractivity contribution is 9.10. The molecule has 1 N–H and O–H groups in total. The van der Waals surface area contributed by atoms with E-state index in [9.17, 15) is 9.50 Å². The zero-order valence-electron chi connectivity index (χ0n) is 10.2. The van der Waals surface area contributed by atoms with Crippen LogP contribution in [0.25, 0.3) is 0 Å². The lowest BCUT2D eigenvalue weighted by atomic mass is 9.87. The molecule has 0 aromatic heterocycles. The van der Waals surface area contributed by atoms with E-state index in [2.05, 4.69) is 15.9 Å². The number of benzene rings is 2. The molecule has 0 amide bonds. The molecule has 2 aromatic carbocycles. The predicted molar refractivity (Wildman–Crippen MR) is 74.0 cm³/mol. The van der Waals surface area contributed by atoms with Crippen molar-refractivity contribution in [2.24, 2.45) is 0 Å². The number of hydrogen-bond acceptors (Lipinski definition) is 1. The molecule has 0 aliphatic carbocycles. The van der Waals surface area contributed by atoms with E-state index in [-0.39, 0.29) is 5.56 Å². The third-order valence-corrected chi connectivity index (χ3v) is 3.53. The first kappa shape index (κ1) is 13.2. The maximum atomic E-state index is 13.9. The van der Waals surface area contributed by atoms with E-state index in [0.29, 0.717) is 5.56 Å². The molecule has 2 rings (SSSR count). The lowest BCUT2D eigenvalue weighted by Crippen LogP contribution is -2.24. The van der Waals surface area contributed by atoms with E-state index in [4.69, 9.17) is 0 Å². The second kappa shape index (κ2) is 4.82. The van der Waals surface area contributed by atoms with Crippen molar-refractivity contribution in [2.45, 2.75) is 19.4 Å². The number of hydrogen-bond donors (Lipinski definition) is 1. The van der Waals surface area contributed by atoms with E-state index in [0.717, 1.165) is 10.0 Å². The second-order valence-electron chi connectivity index (χ2n) is 4.57. The molecule has 18 heavy (non-hydrogen) atoms. The average molecular weight is 309 g/mol. The van der Waals surface area contributed by atoms with Crippen LogP contribution in [0.3, 0.4) is 0 Å². The van der Waals surface area contributed by atoms with Gasteiger partial charge in [-0.2, -0.15) is 0 Å². The molecule has 0 radical (unpaired) electrons. The highest BCUT2D eigenvalue weighted by atomic mass is 79.9. The molecule has 0 fully saturated rings. The fourth-order valence-corrected chi connectivity index (χ4v) is 2.34. The van der Waals surface area contributed by atoms with E-state index >= 15 is 0 Å². The van der Waals surface area contributed by atoms with E-state index < -0.39 is 11.4 Å². The minimum Gasteiger partial charge on any atom is -0.381 e. The van der Waals surface area contributed by atoms with Gasteiger partial charge in [-0.05, 0) is 37.6 Å². The van der Waals surface area contributed by atoms with Crippen LogP contribution in [-0.2, 0) is 5.60 Å². The molecule has 2 aromatic rings.